The number of nitrogens with zero attached hydrogens (tertiary/aromatic N) is 2. The highest BCUT2D eigenvalue weighted by molar-refractivity contribution is 7.98. The van der Waals surface area contributed by atoms with Crippen molar-refractivity contribution >= 4 is 34.1 Å². The van der Waals surface area contributed by atoms with E-state index in [2.05, 4.69) is 16.3 Å². The maximum atomic E-state index is 6.28. The first-order chi connectivity index (χ1) is 11.3. The SMILES string of the molecule is Clc1cc(CSc2nncc3ccccc23)cc2c1OCCO2. The van der Waals surface area contributed by atoms with Crippen LogP contribution in [0.2, 0.25) is 5.02 Å². The maximum Gasteiger partial charge on any atom is 0.179 e. The predicted molar refractivity (Wildman–Crippen MR) is 91.5 cm³/mol. The van der Waals surface area contributed by atoms with Crippen molar-refractivity contribution in [3.8, 4) is 11.5 Å². The first-order valence-corrected chi connectivity index (χ1v) is 8.59. The van der Waals surface area contributed by atoms with Gasteiger partial charge in [-0.05, 0) is 17.7 Å². The summed E-state index contributed by atoms with van der Waals surface area (Å²) < 4.78 is 11.2. The molecule has 0 unspecified atom stereocenters. The van der Waals surface area contributed by atoms with Gasteiger partial charge in [0.2, 0.25) is 0 Å². The first kappa shape index (κ1) is 14.6. The van der Waals surface area contributed by atoms with Gasteiger partial charge in [0.05, 0.1) is 11.2 Å². The molecule has 0 aliphatic carbocycles. The molecule has 3 aromatic rings. The monoisotopic (exact) mass is 344 g/mol. The average molecular weight is 345 g/mol. The van der Waals surface area contributed by atoms with Gasteiger partial charge in [-0.2, -0.15) is 5.10 Å². The van der Waals surface area contributed by atoms with Gasteiger partial charge in [0.15, 0.2) is 11.5 Å². The van der Waals surface area contributed by atoms with Crippen molar-refractivity contribution in [3.63, 3.8) is 0 Å². The van der Waals surface area contributed by atoms with Gasteiger partial charge in [-0.15, -0.1) is 5.10 Å². The van der Waals surface area contributed by atoms with E-state index in [1.54, 1.807) is 18.0 Å². The zero-order valence-electron chi connectivity index (χ0n) is 12.2. The molecule has 23 heavy (non-hydrogen) atoms. The minimum atomic E-state index is 0.534. The van der Waals surface area contributed by atoms with E-state index >= 15 is 0 Å². The van der Waals surface area contributed by atoms with E-state index in [1.165, 1.54) is 0 Å². The predicted octanol–water partition coefficient (Wildman–Crippen LogP) is 4.35. The van der Waals surface area contributed by atoms with Crippen LogP contribution in [0, 0.1) is 0 Å². The molecule has 0 saturated heterocycles. The van der Waals surface area contributed by atoms with Crippen molar-refractivity contribution in [2.45, 2.75) is 10.8 Å². The van der Waals surface area contributed by atoms with Crippen LogP contribution in [0.15, 0.2) is 47.6 Å². The molecule has 0 saturated carbocycles. The van der Waals surface area contributed by atoms with Gasteiger partial charge >= 0.3 is 0 Å². The Morgan fingerprint density at radius 2 is 2.00 bits per heavy atom. The summed E-state index contributed by atoms with van der Waals surface area (Å²) in [7, 11) is 0. The summed E-state index contributed by atoms with van der Waals surface area (Å²) in [6.07, 6.45) is 1.78. The molecule has 0 radical (unpaired) electrons. The molecule has 1 aliphatic rings. The molecule has 4 nitrogen and oxygen atoms in total. The highest BCUT2D eigenvalue weighted by Crippen LogP contribution is 2.39. The van der Waals surface area contributed by atoms with Crippen molar-refractivity contribution < 1.29 is 9.47 Å². The smallest absolute Gasteiger partial charge is 0.179 e. The Bertz CT molecular complexity index is 867. The van der Waals surface area contributed by atoms with Crippen LogP contribution in [0.25, 0.3) is 10.8 Å². The van der Waals surface area contributed by atoms with Crippen molar-refractivity contribution in [3.05, 3.63) is 53.2 Å². The lowest BCUT2D eigenvalue weighted by Gasteiger charge is -2.20. The molecule has 4 rings (SSSR count). The van der Waals surface area contributed by atoms with Crippen LogP contribution in [-0.2, 0) is 5.75 Å². The highest BCUT2D eigenvalue weighted by Gasteiger charge is 2.17. The lowest BCUT2D eigenvalue weighted by molar-refractivity contribution is 0.171. The molecule has 0 fully saturated rings. The Kier molecular flexibility index (Phi) is 3.97. The second-order valence-electron chi connectivity index (χ2n) is 5.13. The number of benzene rings is 2. The van der Waals surface area contributed by atoms with Crippen LogP contribution in [0.4, 0.5) is 0 Å². The quantitative estimate of drug-likeness (QED) is 0.661. The van der Waals surface area contributed by atoms with Crippen molar-refractivity contribution in [2.75, 3.05) is 13.2 Å². The number of hydrogen-bond donors (Lipinski definition) is 0. The Balaban J connectivity index is 1.60. The summed E-state index contributed by atoms with van der Waals surface area (Å²) in [6, 6.07) is 12.0. The van der Waals surface area contributed by atoms with Gasteiger partial charge in [0.25, 0.3) is 0 Å². The second kappa shape index (κ2) is 6.26. The molecule has 0 amide bonds. The third-order valence-electron chi connectivity index (χ3n) is 3.57. The Morgan fingerprint density at radius 1 is 1.13 bits per heavy atom. The van der Waals surface area contributed by atoms with E-state index in [-0.39, 0.29) is 0 Å². The molecule has 0 bridgehead atoms. The average Bonchev–Trinajstić information content (AvgIpc) is 2.60. The largest absolute Gasteiger partial charge is 0.486 e. The Labute approximate surface area is 142 Å². The van der Waals surface area contributed by atoms with E-state index in [1.807, 2.05) is 30.3 Å². The summed E-state index contributed by atoms with van der Waals surface area (Å²) in [5.74, 6) is 2.08. The number of halogens is 1. The highest BCUT2D eigenvalue weighted by atomic mass is 35.5. The van der Waals surface area contributed by atoms with Crippen LogP contribution in [-0.4, -0.2) is 23.4 Å². The maximum absolute atomic E-state index is 6.28. The number of ether oxygens (including phenoxy) is 2. The van der Waals surface area contributed by atoms with Gasteiger partial charge in [-0.25, -0.2) is 0 Å². The van der Waals surface area contributed by atoms with Gasteiger partial charge in [0, 0.05) is 16.5 Å². The number of rotatable bonds is 3. The second-order valence-corrected chi connectivity index (χ2v) is 6.50. The van der Waals surface area contributed by atoms with E-state index in [0.29, 0.717) is 29.7 Å². The molecule has 6 heteroatoms. The standard InChI is InChI=1S/C17H13ClN2O2S/c18-14-7-11(8-15-16(14)22-6-5-21-15)10-23-17-13-4-2-1-3-12(13)9-19-20-17/h1-4,7-9H,5-6,10H2. The summed E-state index contributed by atoms with van der Waals surface area (Å²) in [4.78, 5) is 0. The molecular formula is C17H13ClN2O2S. The van der Waals surface area contributed by atoms with Crippen LogP contribution in [0.5, 0.6) is 11.5 Å². The molecule has 0 spiro atoms. The lowest BCUT2D eigenvalue weighted by atomic mass is 10.2. The zero-order valence-corrected chi connectivity index (χ0v) is 13.7. The molecule has 2 heterocycles. The minimum absolute atomic E-state index is 0.534. The van der Waals surface area contributed by atoms with Gasteiger partial charge < -0.3 is 9.47 Å². The lowest BCUT2D eigenvalue weighted by Crippen LogP contribution is -2.15. The first-order valence-electron chi connectivity index (χ1n) is 7.22. The Hall–Kier alpha value is -1.98. The normalized spacial score (nSPS) is 13.3. The fraction of sp³-hybridized carbons (Fsp3) is 0.176. The molecule has 0 N–H and O–H groups in total. The van der Waals surface area contributed by atoms with Crippen LogP contribution in [0.3, 0.4) is 0 Å². The van der Waals surface area contributed by atoms with Crippen molar-refractivity contribution in [2.24, 2.45) is 0 Å². The fourth-order valence-corrected chi connectivity index (χ4v) is 3.71. The van der Waals surface area contributed by atoms with E-state index < -0.39 is 0 Å². The van der Waals surface area contributed by atoms with E-state index in [0.717, 1.165) is 27.1 Å². The molecule has 1 aromatic heterocycles. The van der Waals surface area contributed by atoms with Crippen LogP contribution < -0.4 is 9.47 Å². The molecule has 2 aromatic carbocycles. The molecule has 116 valence electrons. The third kappa shape index (κ3) is 2.94. The van der Waals surface area contributed by atoms with Crippen LogP contribution >= 0.6 is 23.4 Å². The van der Waals surface area contributed by atoms with Crippen molar-refractivity contribution in [1.82, 2.24) is 10.2 Å². The van der Waals surface area contributed by atoms with Crippen LogP contribution in [0.1, 0.15) is 5.56 Å². The number of fused-ring (bicyclic) bond motifs is 2. The zero-order chi connectivity index (χ0) is 15.6. The minimum Gasteiger partial charge on any atom is -0.486 e. The molecule has 1 aliphatic heterocycles. The van der Waals surface area contributed by atoms with Gasteiger partial charge in [-0.1, -0.05) is 47.6 Å². The number of aromatic nitrogens is 2. The van der Waals surface area contributed by atoms with Crippen molar-refractivity contribution in [1.29, 1.82) is 0 Å². The van der Waals surface area contributed by atoms with Gasteiger partial charge in [0.1, 0.15) is 18.2 Å². The van der Waals surface area contributed by atoms with E-state index in [4.69, 9.17) is 21.1 Å². The summed E-state index contributed by atoms with van der Waals surface area (Å²) in [5.41, 5.74) is 1.07. The third-order valence-corrected chi connectivity index (χ3v) is 4.90. The van der Waals surface area contributed by atoms with Gasteiger partial charge in [-0.3, -0.25) is 0 Å². The summed E-state index contributed by atoms with van der Waals surface area (Å²) in [5, 5.41) is 12.0. The Morgan fingerprint density at radius 3 is 2.96 bits per heavy atom. The number of thioether (sulfide) groups is 1. The summed E-state index contributed by atoms with van der Waals surface area (Å²) in [6.45, 7) is 1.08. The van der Waals surface area contributed by atoms with E-state index in [9.17, 15) is 0 Å². The molecule has 0 atom stereocenters. The molecular weight excluding hydrogens is 332 g/mol. The number of hydrogen-bond acceptors (Lipinski definition) is 5. The topological polar surface area (TPSA) is 44.2 Å². The summed E-state index contributed by atoms with van der Waals surface area (Å²) >= 11 is 7.92. The fourth-order valence-electron chi connectivity index (χ4n) is 2.51.